The van der Waals surface area contributed by atoms with Gasteiger partial charge in [-0.05, 0) is 30.0 Å². The molecular weight excluding hydrogens is 280 g/mol. The van der Waals surface area contributed by atoms with Gasteiger partial charge >= 0.3 is 12.0 Å². The summed E-state index contributed by atoms with van der Waals surface area (Å²) in [5.74, 6) is -1.13. The highest BCUT2D eigenvalue weighted by Crippen LogP contribution is 2.21. The van der Waals surface area contributed by atoms with Crippen LogP contribution >= 0.6 is 11.6 Å². The average Bonchev–Trinajstić information content (AvgIpc) is 2.38. The first-order valence-corrected chi connectivity index (χ1v) is 6.70. The molecule has 0 radical (unpaired) electrons. The average molecular weight is 299 g/mol. The Bertz CT molecular complexity index is 515. The topological polar surface area (TPSA) is 78.4 Å². The molecule has 0 atom stereocenters. The van der Waals surface area contributed by atoms with Crippen LogP contribution in [-0.4, -0.2) is 23.7 Å². The van der Waals surface area contributed by atoms with Gasteiger partial charge in [0.1, 0.15) is 0 Å². The maximum absolute atomic E-state index is 11.7. The minimum absolute atomic E-state index is 0.0174. The number of benzene rings is 1. The van der Waals surface area contributed by atoms with E-state index >= 15 is 0 Å². The lowest BCUT2D eigenvalue weighted by molar-refractivity contribution is 0.0697. The lowest BCUT2D eigenvalue weighted by atomic mass is 9.90. The second-order valence-corrected chi connectivity index (χ2v) is 5.73. The fourth-order valence-corrected chi connectivity index (χ4v) is 1.59. The van der Waals surface area contributed by atoms with Crippen molar-refractivity contribution in [3.63, 3.8) is 0 Å². The summed E-state index contributed by atoms with van der Waals surface area (Å²) in [5.41, 5.74) is 0.362. The Balaban J connectivity index is 2.67. The van der Waals surface area contributed by atoms with Crippen LogP contribution in [0, 0.1) is 5.41 Å². The van der Waals surface area contributed by atoms with Gasteiger partial charge in [-0.15, -0.1) is 0 Å². The fourth-order valence-electron chi connectivity index (χ4n) is 1.39. The standard InChI is InChI=1S/C14H19ClN2O3/c1-4-14(2,3)8-16-13(20)17-9-5-6-11(15)10(7-9)12(18)19/h5-7H,4,8H2,1-3H3,(H,18,19)(H2,16,17,20). The predicted octanol–water partition coefficient (Wildman–Crippen LogP) is 3.60. The van der Waals surface area contributed by atoms with Gasteiger partial charge in [0.05, 0.1) is 10.6 Å². The molecule has 1 aromatic carbocycles. The highest BCUT2D eigenvalue weighted by molar-refractivity contribution is 6.33. The van der Waals surface area contributed by atoms with Crippen LogP contribution in [0.25, 0.3) is 0 Å². The van der Waals surface area contributed by atoms with Gasteiger partial charge in [-0.2, -0.15) is 0 Å². The number of aromatic carboxylic acids is 1. The largest absolute Gasteiger partial charge is 0.478 e. The first-order valence-electron chi connectivity index (χ1n) is 6.33. The van der Waals surface area contributed by atoms with Gasteiger partial charge in [0.2, 0.25) is 0 Å². The summed E-state index contributed by atoms with van der Waals surface area (Å²) in [6.45, 7) is 6.70. The van der Waals surface area contributed by atoms with Gasteiger partial charge in [0, 0.05) is 12.2 Å². The van der Waals surface area contributed by atoms with Crippen LogP contribution < -0.4 is 10.6 Å². The Labute approximate surface area is 123 Å². The van der Waals surface area contributed by atoms with Gasteiger partial charge in [-0.3, -0.25) is 0 Å². The highest BCUT2D eigenvalue weighted by Gasteiger charge is 2.16. The summed E-state index contributed by atoms with van der Waals surface area (Å²) < 4.78 is 0. The van der Waals surface area contributed by atoms with Crippen molar-refractivity contribution in [3.8, 4) is 0 Å². The molecule has 3 N–H and O–H groups in total. The lowest BCUT2D eigenvalue weighted by Gasteiger charge is -2.22. The smallest absolute Gasteiger partial charge is 0.337 e. The monoisotopic (exact) mass is 298 g/mol. The van der Waals surface area contributed by atoms with E-state index in [-0.39, 0.29) is 22.0 Å². The molecule has 20 heavy (non-hydrogen) atoms. The fraction of sp³-hybridized carbons (Fsp3) is 0.429. The second-order valence-electron chi connectivity index (χ2n) is 5.33. The number of rotatable bonds is 5. The first kappa shape index (κ1) is 16.3. The van der Waals surface area contributed by atoms with Crippen LogP contribution in [0.5, 0.6) is 0 Å². The molecule has 0 heterocycles. The van der Waals surface area contributed by atoms with Crippen molar-refractivity contribution in [2.45, 2.75) is 27.2 Å². The van der Waals surface area contributed by atoms with Gasteiger partial charge in [0.15, 0.2) is 0 Å². The molecule has 0 bridgehead atoms. The Morgan fingerprint density at radius 3 is 2.55 bits per heavy atom. The highest BCUT2D eigenvalue weighted by atomic mass is 35.5. The maximum atomic E-state index is 11.7. The van der Waals surface area contributed by atoms with E-state index in [9.17, 15) is 9.59 Å². The summed E-state index contributed by atoms with van der Waals surface area (Å²) in [4.78, 5) is 22.7. The first-order chi connectivity index (χ1) is 9.25. The van der Waals surface area contributed by atoms with Crippen molar-refractivity contribution in [1.82, 2.24) is 5.32 Å². The van der Waals surface area contributed by atoms with Crippen LogP contribution in [0.1, 0.15) is 37.6 Å². The molecular formula is C14H19ClN2O3. The van der Waals surface area contributed by atoms with Crippen LogP contribution in [0.2, 0.25) is 5.02 Å². The van der Waals surface area contributed by atoms with Gasteiger partial charge < -0.3 is 15.7 Å². The molecule has 0 saturated heterocycles. The van der Waals surface area contributed by atoms with Crippen LogP contribution in [0.3, 0.4) is 0 Å². The van der Waals surface area contributed by atoms with Crippen molar-refractivity contribution in [3.05, 3.63) is 28.8 Å². The van der Waals surface area contributed by atoms with Crippen LogP contribution in [0.4, 0.5) is 10.5 Å². The van der Waals surface area contributed by atoms with Crippen LogP contribution in [0.15, 0.2) is 18.2 Å². The number of urea groups is 1. The predicted molar refractivity (Wildman–Crippen MR) is 79.5 cm³/mol. The SMILES string of the molecule is CCC(C)(C)CNC(=O)Nc1ccc(Cl)c(C(=O)O)c1. The number of carboxylic acids is 1. The molecule has 1 aromatic rings. The number of hydrogen-bond acceptors (Lipinski definition) is 2. The minimum atomic E-state index is -1.13. The van der Waals surface area contributed by atoms with Crippen molar-refractivity contribution in [2.24, 2.45) is 5.41 Å². The number of amides is 2. The number of hydrogen-bond donors (Lipinski definition) is 3. The van der Waals surface area contributed by atoms with E-state index in [1.807, 2.05) is 0 Å². The van der Waals surface area contributed by atoms with E-state index in [0.717, 1.165) is 6.42 Å². The number of nitrogens with one attached hydrogen (secondary N) is 2. The molecule has 0 aliphatic heterocycles. The molecule has 0 unspecified atom stereocenters. The Kier molecular flexibility index (Phi) is 5.39. The quantitative estimate of drug-likeness (QED) is 0.777. The van der Waals surface area contributed by atoms with E-state index in [0.29, 0.717) is 12.2 Å². The summed E-state index contributed by atoms with van der Waals surface area (Å²) in [6, 6.07) is 3.95. The third kappa shape index (κ3) is 4.74. The summed E-state index contributed by atoms with van der Waals surface area (Å²) >= 11 is 5.76. The van der Waals surface area contributed by atoms with E-state index in [1.54, 1.807) is 6.07 Å². The Morgan fingerprint density at radius 2 is 2.00 bits per heavy atom. The van der Waals surface area contributed by atoms with Gasteiger partial charge in [-0.25, -0.2) is 9.59 Å². The van der Waals surface area contributed by atoms with Crippen molar-refractivity contribution in [1.29, 1.82) is 0 Å². The Hall–Kier alpha value is -1.75. The summed E-state index contributed by atoms with van der Waals surface area (Å²) in [5, 5.41) is 14.4. The molecule has 0 aliphatic carbocycles. The number of anilines is 1. The molecule has 0 spiro atoms. The third-order valence-electron chi connectivity index (χ3n) is 3.14. The number of halogens is 1. The minimum Gasteiger partial charge on any atom is -0.478 e. The van der Waals surface area contributed by atoms with Crippen molar-refractivity contribution < 1.29 is 14.7 Å². The molecule has 0 fully saturated rings. The molecule has 0 aromatic heterocycles. The third-order valence-corrected chi connectivity index (χ3v) is 3.47. The zero-order valence-corrected chi connectivity index (χ0v) is 12.5. The maximum Gasteiger partial charge on any atom is 0.337 e. The van der Waals surface area contributed by atoms with Gasteiger partial charge in [-0.1, -0.05) is 32.4 Å². The van der Waals surface area contributed by atoms with E-state index in [2.05, 4.69) is 31.4 Å². The number of carbonyl (C=O) groups is 2. The van der Waals surface area contributed by atoms with Crippen molar-refractivity contribution >= 4 is 29.3 Å². The molecule has 110 valence electrons. The van der Waals surface area contributed by atoms with Gasteiger partial charge in [0.25, 0.3) is 0 Å². The van der Waals surface area contributed by atoms with E-state index < -0.39 is 5.97 Å². The normalized spacial score (nSPS) is 11.0. The molecule has 2 amide bonds. The van der Waals surface area contributed by atoms with Crippen molar-refractivity contribution in [2.75, 3.05) is 11.9 Å². The zero-order valence-electron chi connectivity index (χ0n) is 11.8. The van der Waals surface area contributed by atoms with Crippen LogP contribution in [-0.2, 0) is 0 Å². The number of carboxylic acid groups (broad SMARTS) is 1. The van der Waals surface area contributed by atoms with E-state index in [1.165, 1.54) is 12.1 Å². The van der Waals surface area contributed by atoms with E-state index in [4.69, 9.17) is 16.7 Å². The molecule has 0 aliphatic rings. The molecule has 0 saturated carbocycles. The number of carbonyl (C=O) groups excluding carboxylic acids is 1. The summed E-state index contributed by atoms with van der Waals surface area (Å²) in [6.07, 6.45) is 0.942. The second kappa shape index (κ2) is 6.61. The molecule has 5 nitrogen and oxygen atoms in total. The molecule has 6 heteroatoms. The molecule has 1 rings (SSSR count). The Morgan fingerprint density at radius 1 is 1.35 bits per heavy atom. The zero-order chi connectivity index (χ0) is 15.3. The summed E-state index contributed by atoms with van der Waals surface area (Å²) in [7, 11) is 0. The lowest BCUT2D eigenvalue weighted by Crippen LogP contribution is -2.36.